The first-order valence-electron chi connectivity index (χ1n) is 6.22. The van der Waals surface area contributed by atoms with Crippen LogP contribution in [0.15, 0.2) is 18.2 Å². The first-order valence-corrected chi connectivity index (χ1v) is 6.22. The summed E-state index contributed by atoms with van der Waals surface area (Å²) in [6, 6.07) is 8.48. The molecule has 96 valence electrons. The first-order chi connectivity index (χ1) is 8.72. The lowest BCUT2D eigenvalue weighted by Gasteiger charge is -2.13. The van der Waals surface area contributed by atoms with Crippen molar-refractivity contribution in [2.75, 3.05) is 27.2 Å². The summed E-state index contributed by atoms with van der Waals surface area (Å²) >= 11 is 0. The molecular weight excluding hydrogens is 226 g/mol. The molecule has 4 nitrogen and oxygen atoms in total. The van der Waals surface area contributed by atoms with E-state index in [-0.39, 0.29) is 0 Å². The Balaban J connectivity index is 1.96. The predicted octanol–water partition coefficient (Wildman–Crippen LogP) is 1.36. The van der Waals surface area contributed by atoms with Gasteiger partial charge in [0.05, 0.1) is 12.7 Å². The molecule has 1 N–H and O–H groups in total. The number of hydrogen-bond acceptors (Lipinski definition) is 4. The number of rotatable bonds is 4. The lowest BCUT2D eigenvalue weighted by atomic mass is 10.1. The van der Waals surface area contributed by atoms with Crippen LogP contribution in [0.4, 0.5) is 0 Å². The van der Waals surface area contributed by atoms with E-state index < -0.39 is 0 Å². The summed E-state index contributed by atoms with van der Waals surface area (Å²) in [6.07, 6.45) is 1.19. The van der Waals surface area contributed by atoms with Gasteiger partial charge in [0, 0.05) is 19.1 Å². The van der Waals surface area contributed by atoms with Crippen LogP contribution in [0.1, 0.15) is 17.5 Å². The Morgan fingerprint density at radius 2 is 2.39 bits per heavy atom. The van der Waals surface area contributed by atoms with Crippen molar-refractivity contribution in [3.05, 3.63) is 29.3 Å². The fraction of sp³-hybridized carbons (Fsp3) is 0.500. The summed E-state index contributed by atoms with van der Waals surface area (Å²) in [6.45, 7) is 3.06. The summed E-state index contributed by atoms with van der Waals surface area (Å²) in [5.74, 6) is 0.641. The maximum atomic E-state index is 9.03. The number of likely N-dealkylation sites (tertiary alicyclic amines) is 1. The van der Waals surface area contributed by atoms with Crippen molar-refractivity contribution in [1.82, 2.24) is 10.2 Å². The summed E-state index contributed by atoms with van der Waals surface area (Å²) in [4.78, 5) is 2.33. The smallest absolute Gasteiger partial charge is 0.136 e. The van der Waals surface area contributed by atoms with Crippen molar-refractivity contribution in [1.29, 1.82) is 5.26 Å². The van der Waals surface area contributed by atoms with Crippen LogP contribution in [-0.4, -0.2) is 38.2 Å². The van der Waals surface area contributed by atoms with Crippen molar-refractivity contribution in [2.45, 2.75) is 19.0 Å². The lowest BCUT2D eigenvalue weighted by Crippen LogP contribution is -2.30. The highest BCUT2D eigenvalue weighted by atomic mass is 16.5. The maximum absolute atomic E-state index is 9.03. The van der Waals surface area contributed by atoms with E-state index in [9.17, 15) is 0 Å². The number of likely N-dealkylation sites (N-methyl/N-ethyl adjacent to an activating group) is 1. The Hall–Kier alpha value is -1.57. The zero-order valence-corrected chi connectivity index (χ0v) is 10.9. The number of nitrogens with one attached hydrogen (secondary N) is 1. The lowest BCUT2D eigenvalue weighted by molar-refractivity contribution is 0.397. The van der Waals surface area contributed by atoms with E-state index in [0.717, 1.165) is 25.2 Å². The summed E-state index contributed by atoms with van der Waals surface area (Å²) in [7, 11) is 3.73. The average molecular weight is 245 g/mol. The van der Waals surface area contributed by atoms with E-state index in [4.69, 9.17) is 10.00 Å². The van der Waals surface area contributed by atoms with Crippen molar-refractivity contribution in [3.8, 4) is 11.8 Å². The minimum Gasteiger partial charge on any atom is -0.495 e. The largest absolute Gasteiger partial charge is 0.495 e. The Bertz CT molecular complexity index is 453. The van der Waals surface area contributed by atoms with Crippen LogP contribution in [0.5, 0.6) is 5.75 Å². The zero-order chi connectivity index (χ0) is 13.0. The molecule has 18 heavy (non-hydrogen) atoms. The van der Waals surface area contributed by atoms with Gasteiger partial charge in [-0.2, -0.15) is 5.26 Å². The quantitative estimate of drug-likeness (QED) is 0.870. The Morgan fingerprint density at radius 1 is 1.56 bits per heavy atom. The minimum atomic E-state index is 0.558. The van der Waals surface area contributed by atoms with Crippen LogP contribution in [0, 0.1) is 11.3 Å². The highest BCUT2D eigenvalue weighted by molar-refractivity contribution is 5.45. The number of ether oxygens (including phenoxy) is 1. The molecule has 2 rings (SSSR count). The molecule has 1 saturated heterocycles. The van der Waals surface area contributed by atoms with Gasteiger partial charge in [-0.3, -0.25) is 0 Å². The second-order valence-electron chi connectivity index (χ2n) is 4.78. The summed E-state index contributed by atoms with van der Waals surface area (Å²) in [5, 5.41) is 12.6. The van der Waals surface area contributed by atoms with Gasteiger partial charge in [-0.15, -0.1) is 0 Å². The van der Waals surface area contributed by atoms with Crippen molar-refractivity contribution in [3.63, 3.8) is 0 Å². The SMILES string of the molecule is COc1ccc(CNC2CCN(C)C2)cc1C#N. The highest BCUT2D eigenvalue weighted by Crippen LogP contribution is 2.19. The van der Waals surface area contributed by atoms with Gasteiger partial charge in [-0.1, -0.05) is 6.07 Å². The van der Waals surface area contributed by atoms with E-state index in [1.165, 1.54) is 6.42 Å². The molecule has 0 amide bonds. The molecule has 1 heterocycles. The third kappa shape index (κ3) is 3.00. The van der Waals surface area contributed by atoms with Gasteiger partial charge in [-0.25, -0.2) is 0 Å². The van der Waals surface area contributed by atoms with Crippen molar-refractivity contribution < 1.29 is 4.74 Å². The maximum Gasteiger partial charge on any atom is 0.136 e. The van der Waals surface area contributed by atoms with Crippen molar-refractivity contribution >= 4 is 0 Å². The van der Waals surface area contributed by atoms with Crippen LogP contribution in [0.3, 0.4) is 0 Å². The molecular formula is C14H19N3O. The molecule has 1 aromatic carbocycles. The second kappa shape index (κ2) is 5.85. The van der Waals surface area contributed by atoms with Gasteiger partial charge in [0.2, 0.25) is 0 Å². The summed E-state index contributed by atoms with van der Waals surface area (Å²) < 4.78 is 5.13. The number of hydrogen-bond donors (Lipinski definition) is 1. The first kappa shape index (κ1) is 12.9. The van der Waals surface area contributed by atoms with Crippen LogP contribution in [0.25, 0.3) is 0 Å². The van der Waals surface area contributed by atoms with E-state index in [2.05, 4.69) is 23.3 Å². The van der Waals surface area contributed by atoms with Crippen LogP contribution in [0.2, 0.25) is 0 Å². The van der Waals surface area contributed by atoms with E-state index in [1.54, 1.807) is 7.11 Å². The monoisotopic (exact) mass is 245 g/mol. The topological polar surface area (TPSA) is 48.3 Å². The number of nitrogens with zero attached hydrogens (tertiary/aromatic N) is 2. The second-order valence-corrected chi connectivity index (χ2v) is 4.78. The fourth-order valence-electron chi connectivity index (χ4n) is 2.32. The van der Waals surface area contributed by atoms with E-state index in [0.29, 0.717) is 17.4 Å². The van der Waals surface area contributed by atoms with Crippen LogP contribution < -0.4 is 10.1 Å². The highest BCUT2D eigenvalue weighted by Gasteiger charge is 2.18. The summed E-state index contributed by atoms with van der Waals surface area (Å²) in [5.41, 5.74) is 1.72. The Kier molecular flexibility index (Phi) is 4.19. The van der Waals surface area contributed by atoms with Crippen molar-refractivity contribution in [2.24, 2.45) is 0 Å². The van der Waals surface area contributed by atoms with E-state index in [1.807, 2.05) is 18.2 Å². The molecule has 4 heteroatoms. The van der Waals surface area contributed by atoms with Gasteiger partial charge in [0.1, 0.15) is 11.8 Å². The molecule has 1 unspecified atom stereocenters. The van der Waals surface area contributed by atoms with Gasteiger partial charge >= 0.3 is 0 Å². The zero-order valence-electron chi connectivity index (χ0n) is 10.9. The fourth-order valence-corrected chi connectivity index (χ4v) is 2.32. The number of benzene rings is 1. The Morgan fingerprint density at radius 3 is 3.00 bits per heavy atom. The van der Waals surface area contributed by atoms with Gasteiger partial charge in [0.15, 0.2) is 0 Å². The molecule has 0 radical (unpaired) electrons. The standard InChI is InChI=1S/C14H19N3O/c1-17-6-5-13(10-17)16-9-11-3-4-14(18-2)12(7-11)8-15/h3-4,7,13,16H,5-6,9-10H2,1-2H3. The third-order valence-electron chi connectivity index (χ3n) is 3.37. The van der Waals surface area contributed by atoms with Gasteiger partial charge in [0.25, 0.3) is 0 Å². The van der Waals surface area contributed by atoms with Gasteiger partial charge < -0.3 is 15.0 Å². The molecule has 1 fully saturated rings. The molecule has 0 saturated carbocycles. The van der Waals surface area contributed by atoms with Crippen LogP contribution in [-0.2, 0) is 6.54 Å². The average Bonchev–Trinajstić information content (AvgIpc) is 2.81. The minimum absolute atomic E-state index is 0.558. The molecule has 1 aromatic rings. The van der Waals surface area contributed by atoms with Gasteiger partial charge in [-0.05, 0) is 37.7 Å². The number of methoxy groups -OCH3 is 1. The molecule has 0 aromatic heterocycles. The molecule has 1 atom stereocenters. The third-order valence-corrected chi connectivity index (χ3v) is 3.37. The molecule has 1 aliphatic rings. The molecule has 0 aliphatic carbocycles. The van der Waals surface area contributed by atoms with Crippen LogP contribution >= 0.6 is 0 Å². The normalized spacial score (nSPS) is 19.7. The Labute approximate surface area is 108 Å². The molecule has 1 aliphatic heterocycles. The molecule has 0 spiro atoms. The van der Waals surface area contributed by atoms with E-state index >= 15 is 0 Å². The molecule has 0 bridgehead atoms. The number of nitriles is 1. The predicted molar refractivity (Wildman–Crippen MR) is 70.5 cm³/mol.